The number of methoxy groups -OCH3 is 2. The smallest absolute Gasteiger partial charge is 0.310 e. The second-order valence-corrected chi connectivity index (χ2v) is 10.7. The summed E-state index contributed by atoms with van der Waals surface area (Å²) in [5.74, 6) is -1.69. The average molecular weight is 593 g/mol. The minimum atomic E-state index is -3.00. The first-order chi connectivity index (χ1) is 21.8. The number of rotatable bonds is 5. The summed E-state index contributed by atoms with van der Waals surface area (Å²) >= 11 is 0. The van der Waals surface area contributed by atoms with Crippen molar-refractivity contribution in [2.75, 3.05) is 34.2 Å². The van der Waals surface area contributed by atoms with E-state index >= 15 is 0 Å². The van der Waals surface area contributed by atoms with E-state index < -0.39 is 80.3 Å². The quantitative estimate of drug-likeness (QED) is 0.427. The lowest BCUT2D eigenvalue weighted by Gasteiger charge is -2.47. The molecule has 42 heavy (non-hydrogen) atoms. The van der Waals surface area contributed by atoms with Gasteiger partial charge in [-0.05, 0) is 47.8 Å². The normalized spacial score (nSPS) is 39.9. The average Bonchev–Trinajstić information content (AvgIpc) is 3.65. The maximum Gasteiger partial charge on any atom is 0.310 e. The monoisotopic (exact) mass is 592 g/mol. The first kappa shape index (κ1) is 23.2. The minimum absolute atomic E-state index is 0.0301. The Morgan fingerprint density at radius 1 is 0.952 bits per heavy atom. The van der Waals surface area contributed by atoms with Crippen LogP contribution in [0.4, 0.5) is 0 Å². The van der Waals surface area contributed by atoms with E-state index in [0.717, 1.165) is 0 Å². The number of cyclic esters (lactones) is 1. The highest BCUT2D eigenvalue weighted by Crippen LogP contribution is 2.57. The Kier molecular flexibility index (Phi) is 5.76. The fraction of sp³-hybridized carbons (Fsp3) is 0.552. The number of esters is 1. The lowest BCUT2D eigenvalue weighted by Crippen LogP contribution is -2.63. The van der Waals surface area contributed by atoms with Gasteiger partial charge in [0.25, 0.3) is 0 Å². The number of carbonyl (C=O) groups is 1. The van der Waals surface area contributed by atoms with Gasteiger partial charge < -0.3 is 58.0 Å². The largest absolute Gasteiger partial charge is 0.502 e. The molecule has 2 aromatic rings. The summed E-state index contributed by atoms with van der Waals surface area (Å²) in [5, 5.41) is 32.7. The second kappa shape index (κ2) is 10.4. The molecule has 226 valence electrons. The molecule has 0 saturated carbocycles. The van der Waals surface area contributed by atoms with E-state index in [1.807, 2.05) is 0 Å². The Balaban J connectivity index is 1.27. The van der Waals surface area contributed by atoms with E-state index in [4.69, 9.17) is 48.1 Å². The molecule has 7 rings (SSSR count). The number of benzene rings is 2. The highest BCUT2D eigenvalue weighted by atomic mass is 16.8. The third-order valence-corrected chi connectivity index (χ3v) is 8.52. The molecule has 4 aliphatic heterocycles. The predicted octanol–water partition coefficient (Wildman–Crippen LogP) is 1.34. The number of ether oxygens (including phenoxy) is 9. The van der Waals surface area contributed by atoms with Gasteiger partial charge in [0.05, 0.1) is 40.8 Å². The van der Waals surface area contributed by atoms with E-state index in [2.05, 4.69) is 0 Å². The number of hydrogen-bond acceptors (Lipinski definition) is 13. The van der Waals surface area contributed by atoms with Crippen molar-refractivity contribution >= 4 is 5.97 Å². The van der Waals surface area contributed by atoms with Crippen molar-refractivity contribution in [3.8, 4) is 28.7 Å². The van der Waals surface area contributed by atoms with E-state index in [0.29, 0.717) is 28.2 Å². The van der Waals surface area contributed by atoms with E-state index in [9.17, 15) is 20.1 Å². The summed E-state index contributed by atoms with van der Waals surface area (Å²) in [6, 6.07) is 6.68. The zero-order chi connectivity index (χ0) is 32.7. The number of aliphatic hydroxyl groups is 2. The second-order valence-electron chi connectivity index (χ2n) is 10.7. The van der Waals surface area contributed by atoms with Crippen LogP contribution in [0.15, 0.2) is 24.3 Å². The minimum Gasteiger partial charge on any atom is -0.502 e. The molecular weight excluding hydrogens is 556 g/mol. The van der Waals surface area contributed by atoms with Crippen LogP contribution in [-0.4, -0.2) is 92.5 Å². The number of phenols is 1. The molecule has 3 saturated heterocycles. The third kappa shape index (κ3) is 4.26. The molecule has 4 heterocycles. The van der Waals surface area contributed by atoms with Gasteiger partial charge in [-0.1, -0.05) is 0 Å². The molecule has 0 radical (unpaired) electrons. The Hall–Kier alpha value is -3.33. The number of phenolic OH excluding ortho intramolecular Hbond substituents is 1. The zero-order valence-electron chi connectivity index (χ0n) is 26.6. The Morgan fingerprint density at radius 2 is 1.67 bits per heavy atom. The number of aromatic hydroxyl groups is 1. The highest BCUT2D eigenvalue weighted by molar-refractivity contribution is 5.79. The van der Waals surface area contributed by atoms with Crippen LogP contribution in [0.1, 0.15) is 41.0 Å². The highest BCUT2D eigenvalue weighted by Gasteiger charge is 2.56. The molecule has 13 heteroatoms. The number of carbonyl (C=O) groups excluding carboxylic acids is 1. The van der Waals surface area contributed by atoms with Crippen molar-refractivity contribution in [2.24, 2.45) is 11.8 Å². The lowest BCUT2D eigenvalue weighted by atomic mass is 9.66. The van der Waals surface area contributed by atoms with Crippen LogP contribution in [0.2, 0.25) is 0 Å². The van der Waals surface area contributed by atoms with Gasteiger partial charge in [-0.3, -0.25) is 4.79 Å². The van der Waals surface area contributed by atoms with Crippen LogP contribution in [0, 0.1) is 11.8 Å². The van der Waals surface area contributed by atoms with Gasteiger partial charge >= 0.3 is 5.97 Å². The van der Waals surface area contributed by atoms with E-state index in [-0.39, 0.29) is 30.6 Å². The summed E-state index contributed by atoms with van der Waals surface area (Å²) in [5.41, 5.74) is 1.75. The van der Waals surface area contributed by atoms with Gasteiger partial charge in [0.15, 0.2) is 35.6 Å². The van der Waals surface area contributed by atoms with Gasteiger partial charge in [0.1, 0.15) is 24.4 Å². The molecule has 0 aromatic heterocycles. The molecule has 2 aromatic carbocycles. The van der Waals surface area contributed by atoms with Crippen LogP contribution >= 0.6 is 0 Å². The van der Waals surface area contributed by atoms with E-state index in [1.54, 1.807) is 24.3 Å². The SMILES string of the molecule is [2H]C([2H])([2H])[C@@]1([2H])OC[C@H]2O[C@@H](O[C@@H]3c4cc5c(cc4[C@@H](c4cc(OC)c(O)c(OC)c4)[C@H]4C(=O)OC[C@@H]43)OCO5)[C@H](O)[C@@H](O)[C@@H]2O1. The first-order valence-electron chi connectivity index (χ1n) is 15.4. The van der Waals surface area contributed by atoms with Crippen molar-refractivity contribution in [3.63, 3.8) is 0 Å². The maximum absolute atomic E-state index is 13.4. The zero-order valence-corrected chi connectivity index (χ0v) is 22.6. The molecule has 0 spiro atoms. The first-order valence-corrected chi connectivity index (χ1v) is 13.4. The summed E-state index contributed by atoms with van der Waals surface area (Å²) in [7, 11) is 2.79. The maximum atomic E-state index is 13.4. The van der Waals surface area contributed by atoms with Gasteiger partial charge in [0.2, 0.25) is 12.5 Å². The fourth-order valence-electron chi connectivity index (χ4n) is 6.54. The predicted molar refractivity (Wildman–Crippen MR) is 138 cm³/mol. The van der Waals surface area contributed by atoms with Gasteiger partial charge in [-0.15, -0.1) is 0 Å². The molecule has 3 N–H and O–H groups in total. The van der Waals surface area contributed by atoms with Crippen LogP contribution < -0.4 is 18.9 Å². The van der Waals surface area contributed by atoms with Crippen LogP contribution in [-0.2, 0) is 28.5 Å². The topological polar surface area (TPSA) is 161 Å². The molecule has 0 bridgehead atoms. The van der Waals surface area contributed by atoms with Gasteiger partial charge in [-0.2, -0.15) is 0 Å². The van der Waals surface area contributed by atoms with Crippen molar-refractivity contribution in [3.05, 3.63) is 41.0 Å². The van der Waals surface area contributed by atoms with Crippen LogP contribution in [0.5, 0.6) is 28.7 Å². The Bertz CT molecular complexity index is 1510. The summed E-state index contributed by atoms with van der Waals surface area (Å²) in [6.45, 7) is -3.51. The molecule has 0 unspecified atom stereocenters. The van der Waals surface area contributed by atoms with Crippen LogP contribution in [0.25, 0.3) is 0 Å². The molecule has 1 aliphatic carbocycles. The van der Waals surface area contributed by atoms with Crippen LogP contribution in [0.3, 0.4) is 0 Å². The molecule has 3 fully saturated rings. The Morgan fingerprint density at radius 3 is 2.36 bits per heavy atom. The lowest BCUT2D eigenvalue weighted by molar-refractivity contribution is -0.364. The number of hydrogen-bond donors (Lipinski definition) is 3. The fourth-order valence-corrected chi connectivity index (χ4v) is 6.54. The van der Waals surface area contributed by atoms with Gasteiger partial charge in [0, 0.05) is 15.9 Å². The molecule has 5 aliphatic rings. The van der Waals surface area contributed by atoms with Gasteiger partial charge in [-0.25, -0.2) is 0 Å². The third-order valence-electron chi connectivity index (χ3n) is 8.52. The molecule has 13 nitrogen and oxygen atoms in total. The van der Waals surface area contributed by atoms with E-state index in [1.165, 1.54) is 14.2 Å². The standard InChI is InChI=1S/C29H32O13/c1-11-36-9-20-27(40-11)24(31)25(32)29(41-20)42-26-14-7-17-16(38-10-39-17)6-13(14)21(22-15(26)8-37-28(22)33)12-4-18(34-2)23(30)19(5-12)35-3/h4-7,11,15,20-22,24-27,29-32H,8-10H2,1-3H3/t11-,15-,20+,21+,22-,24+,25+,26+,27+,29-/m0/s1/i1D3,11D. The number of aliphatic hydroxyl groups excluding tert-OH is 2. The van der Waals surface area contributed by atoms with Crippen molar-refractivity contribution < 1.29 is 68.2 Å². The summed E-state index contributed by atoms with van der Waals surface area (Å²) in [4.78, 5) is 13.4. The number of fused-ring (bicyclic) bond motifs is 4. The van der Waals surface area contributed by atoms with Crippen molar-refractivity contribution in [2.45, 2.75) is 55.8 Å². The van der Waals surface area contributed by atoms with Crippen molar-refractivity contribution in [1.82, 2.24) is 0 Å². The summed E-state index contributed by atoms with van der Waals surface area (Å²) < 4.78 is 81.5. The molecule has 0 amide bonds. The summed E-state index contributed by atoms with van der Waals surface area (Å²) in [6.07, 6.45) is -11.1. The molecular formula is C29H32O13. The van der Waals surface area contributed by atoms with Crippen molar-refractivity contribution in [1.29, 1.82) is 0 Å². The Labute approximate surface area is 246 Å². The molecule has 10 atom stereocenters.